The lowest BCUT2D eigenvalue weighted by molar-refractivity contribution is 0.407. The molecule has 2 unspecified atom stereocenters. The molecular weight excluding hydrogens is 248 g/mol. The maximum Gasteiger partial charge on any atom is 0.132 e. The zero-order chi connectivity index (χ0) is 13.6. The molecule has 2 atom stereocenters. The first-order chi connectivity index (χ1) is 9.04. The summed E-state index contributed by atoms with van der Waals surface area (Å²) in [4.78, 5) is 4.44. The van der Waals surface area contributed by atoms with E-state index in [4.69, 9.17) is 5.73 Å². The number of rotatable bonds is 1. The molecule has 0 saturated carbocycles. The molecule has 0 fully saturated rings. The van der Waals surface area contributed by atoms with Crippen LogP contribution in [0, 0.1) is 11.6 Å². The Morgan fingerprint density at radius 1 is 1.37 bits per heavy atom. The van der Waals surface area contributed by atoms with Crippen molar-refractivity contribution >= 4 is 0 Å². The van der Waals surface area contributed by atoms with Gasteiger partial charge in [0.1, 0.15) is 17.5 Å². The summed E-state index contributed by atoms with van der Waals surface area (Å²) >= 11 is 0. The van der Waals surface area contributed by atoms with Crippen molar-refractivity contribution in [3.05, 3.63) is 41.9 Å². The predicted molar refractivity (Wildman–Crippen MR) is 68.6 cm³/mol. The Kier molecular flexibility index (Phi) is 2.86. The van der Waals surface area contributed by atoms with Crippen molar-refractivity contribution < 1.29 is 8.78 Å². The van der Waals surface area contributed by atoms with Crippen LogP contribution >= 0.6 is 0 Å². The van der Waals surface area contributed by atoms with E-state index in [0.717, 1.165) is 24.4 Å². The van der Waals surface area contributed by atoms with E-state index in [1.54, 1.807) is 6.20 Å². The monoisotopic (exact) mass is 263 g/mol. The molecule has 1 aliphatic rings. The van der Waals surface area contributed by atoms with Crippen molar-refractivity contribution in [3.63, 3.8) is 0 Å². The van der Waals surface area contributed by atoms with Gasteiger partial charge in [-0.15, -0.1) is 0 Å². The smallest absolute Gasteiger partial charge is 0.132 e. The Balaban J connectivity index is 2.08. The number of nitrogens with zero attached hydrogens (tertiary/aromatic N) is 2. The van der Waals surface area contributed by atoms with E-state index >= 15 is 0 Å². The predicted octanol–water partition coefficient (Wildman–Crippen LogP) is 2.66. The van der Waals surface area contributed by atoms with Gasteiger partial charge < -0.3 is 10.3 Å². The Hall–Kier alpha value is -1.75. The molecule has 0 aliphatic carbocycles. The van der Waals surface area contributed by atoms with Crippen molar-refractivity contribution in [3.8, 4) is 11.3 Å². The highest BCUT2D eigenvalue weighted by molar-refractivity contribution is 5.59. The number of hydrogen-bond donors (Lipinski definition) is 1. The maximum absolute atomic E-state index is 13.8. The first-order valence-electron chi connectivity index (χ1n) is 6.32. The van der Waals surface area contributed by atoms with Crippen LogP contribution in [-0.4, -0.2) is 15.6 Å². The average molecular weight is 263 g/mol. The van der Waals surface area contributed by atoms with Crippen molar-refractivity contribution in [2.24, 2.45) is 5.73 Å². The fourth-order valence-corrected chi connectivity index (χ4v) is 2.68. The Morgan fingerprint density at radius 2 is 2.16 bits per heavy atom. The number of halogens is 2. The lowest BCUT2D eigenvalue weighted by Gasteiger charge is -2.25. The standard InChI is InChI=1S/C14H15F2N3/c1-8-4-10(17)6-19-7-13(18-14(8)19)11-5-9(15)2-3-12(11)16/h2-3,5,7-8,10H,4,6,17H2,1H3. The molecule has 0 saturated heterocycles. The van der Waals surface area contributed by atoms with E-state index in [1.165, 1.54) is 6.07 Å². The van der Waals surface area contributed by atoms with Crippen LogP contribution in [0.4, 0.5) is 8.78 Å². The van der Waals surface area contributed by atoms with Crippen molar-refractivity contribution in [2.75, 3.05) is 0 Å². The van der Waals surface area contributed by atoms with Crippen LogP contribution in [0.2, 0.25) is 0 Å². The maximum atomic E-state index is 13.8. The van der Waals surface area contributed by atoms with E-state index < -0.39 is 11.6 Å². The van der Waals surface area contributed by atoms with Crippen LogP contribution in [0.3, 0.4) is 0 Å². The molecule has 19 heavy (non-hydrogen) atoms. The zero-order valence-electron chi connectivity index (χ0n) is 10.6. The molecule has 1 aromatic carbocycles. The first kappa shape index (κ1) is 12.3. The molecule has 2 N–H and O–H groups in total. The molecule has 0 spiro atoms. The number of fused-ring (bicyclic) bond motifs is 1. The number of imidazole rings is 1. The quantitative estimate of drug-likeness (QED) is 0.859. The van der Waals surface area contributed by atoms with Gasteiger partial charge in [-0.2, -0.15) is 0 Å². The SMILES string of the molecule is CC1CC(N)Cn2cc(-c3cc(F)ccc3F)nc21. The summed E-state index contributed by atoms with van der Waals surface area (Å²) in [5.74, 6) is 0.190. The molecule has 0 radical (unpaired) electrons. The van der Waals surface area contributed by atoms with Gasteiger partial charge in [0.25, 0.3) is 0 Å². The van der Waals surface area contributed by atoms with E-state index in [2.05, 4.69) is 4.98 Å². The normalized spacial score (nSPS) is 22.3. The van der Waals surface area contributed by atoms with Crippen molar-refractivity contribution in [1.29, 1.82) is 0 Å². The fourth-order valence-electron chi connectivity index (χ4n) is 2.68. The highest BCUT2D eigenvalue weighted by atomic mass is 19.1. The Labute approximate surface area is 110 Å². The summed E-state index contributed by atoms with van der Waals surface area (Å²) in [7, 11) is 0. The van der Waals surface area contributed by atoms with Crippen molar-refractivity contribution in [2.45, 2.75) is 31.8 Å². The molecule has 2 heterocycles. The van der Waals surface area contributed by atoms with Crippen LogP contribution in [-0.2, 0) is 6.54 Å². The van der Waals surface area contributed by atoms with Gasteiger partial charge in [0.2, 0.25) is 0 Å². The van der Waals surface area contributed by atoms with Crippen LogP contribution in [0.15, 0.2) is 24.4 Å². The molecule has 1 aliphatic heterocycles. The molecular formula is C14H15F2N3. The van der Waals surface area contributed by atoms with Crippen molar-refractivity contribution in [1.82, 2.24) is 9.55 Å². The van der Waals surface area contributed by atoms with Crippen LogP contribution in [0.5, 0.6) is 0 Å². The van der Waals surface area contributed by atoms with Gasteiger partial charge in [0.05, 0.1) is 5.69 Å². The zero-order valence-corrected chi connectivity index (χ0v) is 10.6. The van der Waals surface area contributed by atoms with Crippen LogP contribution in [0.25, 0.3) is 11.3 Å². The minimum Gasteiger partial charge on any atom is -0.332 e. The van der Waals surface area contributed by atoms with Gasteiger partial charge in [-0.3, -0.25) is 0 Å². The molecule has 0 amide bonds. The molecule has 3 rings (SSSR count). The van der Waals surface area contributed by atoms with E-state index in [9.17, 15) is 8.78 Å². The second kappa shape index (κ2) is 4.42. The molecule has 3 nitrogen and oxygen atoms in total. The third-order valence-corrected chi connectivity index (χ3v) is 3.54. The molecule has 100 valence electrons. The van der Waals surface area contributed by atoms with Gasteiger partial charge in [0, 0.05) is 30.3 Å². The average Bonchev–Trinajstić information content (AvgIpc) is 2.76. The minimum atomic E-state index is -0.466. The van der Waals surface area contributed by atoms with Gasteiger partial charge in [-0.25, -0.2) is 13.8 Å². The second-order valence-electron chi connectivity index (χ2n) is 5.16. The molecule has 5 heteroatoms. The minimum absolute atomic E-state index is 0.0851. The molecule has 0 bridgehead atoms. The summed E-state index contributed by atoms with van der Waals surface area (Å²) in [6.07, 6.45) is 2.62. The Bertz CT molecular complexity index is 621. The lowest BCUT2D eigenvalue weighted by Crippen LogP contribution is -2.33. The van der Waals surface area contributed by atoms with E-state index in [0.29, 0.717) is 12.2 Å². The topological polar surface area (TPSA) is 43.8 Å². The number of benzene rings is 1. The van der Waals surface area contributed by atoms with E-state index in [-0.39, 0.29) is 17.5 Å². The Morgan fingerprint density at radius 3 is 2.95 bits per heavy atom. The highest BCUT2D eigenvalue weighted by Gasteiger charge is 2.24. The fraction of sp³-hybridized carbons (Fsp3) is 0.357. The molecule has 1 aromatic heterocycles. The van der Waals surface area contributed by atoms with Crippen LogP contribution < -0.4 is 5.73 Å². The second-order valence-corrected chi connectivity index (χ2v) is 5.16. The number of aromatic nitrogens is 2. The van der Waals surface area contributed by atoms with E-state index in [1.807, 2.05) is 11.5 Å². The largest absolute Gasteiger partial charge is 0.332 e. The number of nitrogens with two attached hydrogens (primary N) is 1. The summed E-state index contributed by atoms with van der Waals surface area (Å²) in [5, 5.41) is 0. The third kappa shape index (κ3) is 2.14. The van der Waals surface area contributed by atoms with Crippen LogP contribution in [0.1, 0.15) is 25.1 Å². The van der Waals surface area contributed by atoms with Gasteiger partial charge in [-0.1, -0.05) is 6.92 Å². The summed E-state index contributed by atoms with van der Waals surface area (Å²) in [6.45, 7) is 2.72. The molecule has 2 aromatic rings. The summed E-state index contributed by atoms with van der Waals surface area (Å²) in [5.41, 5.74) is 6.62. The number of hydrogen-bond acceptors (Lipinski definition) is 2. The highest BCUT2D eigenvalue weighted by Crippen LogP contribution is 2.30. The summed E-state index contributed by atoms with van der Waals surface area (Å²) < 4.78 is 28.9. The first-order valence-corrected chi connectivity index (χ1v) is 6.32. The summed E-state index contributed by atoms with van der Waals surface area (Å²) in [6, 6.07) is 3.49. The lowest BCUT2D eigenvalue weighted by atomic mass is 9.98. The van der Waals surface area contributed by atoms with Gasteiger partial charge in [0.15, 0.2) is 0 Å². The third-order valence-electron chi connectivity index (χ3n) is 3.54. The van der Waals surface area contributed by atoms with Gasteiger partial charge in [-0.05, 0) is 24.6 Å². The van der Waals surface area contributed by atoms with Gasteiger partial charge >= 0.3 is 0 Å².